The Kier molecular flexibility index (Phi) is 7.60. The fourth-order valence-corrected chi connectivity index (χ4v) is 5.06. The molecule has 2 aromatic carbocycles. The Hall–Kier alpha value is -3.22. The molecular formula is C24H23ClN4O4S. The molecule has 4 rings (SSSR count). The minimum absolute atomic E-state index is 0.0752. The highest BCUT2D eigenvalue weighted by molar-refractivity contribution is 8.15. The Labute approximate surface area is 206 Å². The lowest BCUT2D eigenvalue weighted by Gasteiger charge is -2.19. The van der Waals surface area contributed by atoms with Crippen LogP contribution < -0.4 is 14.8 Å². The molecule has 2 aliphatic rings. The van der Waals surface area contributed by atoms with Crippen molar-refractivity contribution < 1.29 is 19.1 Å². The fourth-order valence-electron chi connectivity index (χ4n) is 3.66. The van der Waals surface area contributed by atoms with Crippen molar-refractivity contribution >= 4 is 46.0 Å². The summed E-state index contributed by atoms with van der Waals surface area (Å²) in [5.41, 5.74) is 1.98. The van der Waals surface area contributed by atoms with E-state index in [1.165, 1.54) is 11.8 Å². The van der Waals surface area contributed by atoms with E-state index in [1.807, 2.05) is 24.3 Å². The summed E-state index contributed by atoms with van der Waals surface area (Å²) < 4.78 is 11.2. The van der Waals surface area contributed by atoms with Crippen LogP contribution in [0.25, 0.3) is 0 Å². The molecule has 1 atom stereocenters. The topological polar surface area (TPSA) is 104 Å². The normalized spacial score (nSPS) is 18.1. The lowest BCUT2D eigenvalue weighted by Crippen LogP contribution is -2.35. The van der Waals surface area contributed by atoms with Gasteiger partial charge in [0.2, 0.25) is 11.8 Å². The number of amides is 2. The summed E-state index contributed by atoms with van der Waals surface area (Å²) in [6.45, 7) is 1.53. The standard InChI is InChI=1S/C24H23ClN4O4S/c1-27-22(30)13-21-23(31)29(24(34-21)28-17-6-5-16(14-26)18(25)12-17)8-2-3-15-4-7-19-20(11-15)33-10-9-32-19/h4-7,11-12,21H,2-3,8-10,13H2,1H3,(H,27,30). The van der Waals surface area contributed by atoms with Gasteiger partial charge in [0, 0.05) is 20.0 Å². The monoisotopic (exact) mass is 498 g/mol. The van der Waals surface area contributed by atoms with Gasteiger partial charge in [0.1, 0.15) is 24.5 Å². The first-order chi connectivity index (χ1) is 16.5. The number of carbonyl (C=O) groups is 2. The molecule has 0 spiro atoms. The molecule has 1 unspecified atom stereocenters. The van der Waals surface area contributed by atoms with Crippen LogP contribution in [0.2, 0.25) is 5.02 Å². The third-order valence-electron chi connectivity index (χ3n) is 5.42. The van der Waals surface area contributed by atoms with E-state index in [1.54, 1.807) is 30.1 Å². The molecule has 8 nitrogen and oxygen atoms in total. The van der Waals surface area contributed by atoms with Crippen LogP contribution in [-0.2, 0) is 16.0 Å². The number of nitrogens with zero attached hydrogens (tertiary/aromatic N) is 3. The van der Waals surface area contributed by atoms with Crippen molar-refractivity contribution in [3.63, 3.8) is 0 Å². The van der Waals surface area contributed by atoms with Gasteiger partial charge in [-0.2, -0.15) is 5.26 Å². The zero-order chi connectivity index (χ0) is 24.1. The van der Waals surface area contributed by atoms with Gasteiger partial charge in [-0.3, -0.25) is 14.5 Å². The molecule has 1 N–H and O–H groups in total. The molecule has 0 saturated carbocycles. The number of aliphatic imine (C=N–C) groups is 1. The Bertz CT molecular complexity index is 1180. The molecule has 2 aliphatic heterocycles. The molecule has 176 valence electrons. The average Bonchev–Trinajstić information content (AvgIpc) is 3.12. The van der Waals surface area contributed by atoms with Gasteiger partial charge in [0.15, 0.2) is 16.7 Å². The highest BCUT2D eigenvalue weighted by atomic mass is 35.5. The number of nitriles is 1. The SMILES string of the molecule is CNC(=O)CC1SC(=Nc2ccc(C#N)c(Cl)c2)N(CCCc2ccc3c(c2)OCCO3)C1=O. The molecule has 0 radical (unpaired) electrons. The molecule has 34 heavy (non-hydrogen) atoms. The molecule has 2 aromatic rings. The van der Waals surface area contributed by atoms with Crippen molar-refractivity contribution in [1.29, 1.82) is 5.26 Å². The van der Waals surface area contributed by atoms with Crippen LogP contribution >= 0.6 is 23.4 Å². The maximum absolute atomic E-state index is 13.1. The van der Waals surface area contributed by atoms with Crippen molar-refractivity contribution in [1.82, 2.24) is 10.2 Å². The van der Waals surface area contributed by atoms with Gasteiger partial charge in [-0.15, -0.1) is 0 Å². The first kappa shape index (κ1) is 23.9. The summed E-state index contributed by atoms with van der Waals surface area (Å²) in [4.78, 5) is 31.3. The summed E-state index contributed by atoms with van der Waals surface area (Å²) in [5, 5.41) is 11.9. The predicted molar refractivity (Wildman–Crippen MR) is 131 cm³/mol. The number of ether oxygens (including phenoxy) is 2. The number of benzene rings is 2. The molecule has 0 bridgehead atoms. The maximum Gasteiger partial charge on any atom is 0.242 e. The van der Waals surface area contributed by atoms with Crippen molar-refractivity contribution in [3.8, 4) is 17.6 Å². The lowest BCUT2D eigenvalue weighted by molar-refractivity contribution is -0.129. The first-order valence-electron chi connectivity index (χ1n) is 10.8. The fraction of sp³-hybridized carbons (Fsp3) is 0.333. The molecule has 0 aromatic heterocycles. The van der Waals surface area contributed by atoms with Crippen LogP contribution in [0.15, 0.2) is 41.4 Å². The van der Waals surface area contributed by atoms with Crippen molar-refractivity contribution in [3.05, 3.63) is 52.5 Å². The van der Waals surface area contributed by atoms with Crippen molar-refractivity contribution in [2.45, 2.75) is 24.5 Å². The third kappa shape index (κ3) is 5.46. The van der Waals surface area contributed by atoms with Gasteiger partial charge in [-0.05, 0) is 48.7 Å². The summed E-state index contributed by atoms with van der Waals surface area (Å²) in [5.74, 6) is 1.13. The summed E-state index contributed by atoms with van der Waals surface area (Å²) in [6, 6.07) is 12.8. The minimum atomic E-state index is -0.540. The lowest BCUT2D eigenvalue weighted by atomic mass is 10.1. The van der Waals surface area contributed by atoms with Crippen LogP contribution in [0.5, 0.6) is 11.5 Å². The van der Waals surface area contributed by atoms with E-state index >= 15 is 0 Å². The second-order valence-corrected chi connectivity index (χ2v) is 9.30. The number of hydrogen-bond donors (Lipinski definition) is 1. The maximum atomic E-state index is 13.1. The smallest absolute Gasteiger partial charge is 0.242 e. The number of aryl methyl sites for hydroxylation is 1. The van der Waals surface area contributed by atoms with Crippen LogP contribution in [0.3, 0.4) is 0 Å². The van der Waals surface area contributed by atoms with E-state index in [2.05, 4.69) is 10.3 Å². The zero-order valence-corrected chi connectivity index (χ0v) is 20.1. The number of fused-ring (bicyclic) bond motifs is 1. The Morgan fingerprint density at radius 1 is 1.26 bits per heavy atom. The van der Waals surface area contributed by atoms with E-state index in [0.29, 0.717) is 47.6 Å². The predicted octanol–water partition coefficient (Wildman–Crippen LogP) is 3.68. The number of carbonyl (C=O) groups excluding carboxylic acids is 2. The number of amidine groups is 1. The van der Waals surface area contributed by atoms with Gasteiger partial charge in [0.05, 0.1) is 16.3 Å². The van der Waals surface area contributed by atoms with Crippen LogP contribution in [0.4, 0.5) is 5.69 Å². The minimum Gasteiger partial charge on any atom is -0.486 e. The van der Waals surface area contributed by atoms with Crippen LogP contribution in [0, 0.1) is 11.3 Å². The van der Waals surface area contributed by atoms with Crippen LogP contribution in [-0.4, -0.2) is 53.9 Å². The molecule has 1 saturated heterocycles. The number of thioether (sulfide) groups is 1. The summed E-state index contributed by atoms with van der Waals surface area (Å²) in [6.07, 6.45) is 1.51. The molecule has 1 fully saturated rings. The number of hydrogen-bond acceptors (Lipinski definition) is 7. The van der Waals surface area contributed by atoms with Gasteiger partial charge < -0.3 is 14.8 Å². The zero-order valence-electron chi connectivity index (χ0n) is 18.5. The molecule has 10 heteroatoms. The van der Waals surface area contributed by atoms with Gasteiger partial charge >= 0.3 is 0 Å². The number of rotatable bonds is 7. The van der Waals surface area contributed by atoms with E-state index < -0.39 is 5.25 Å². The van der Waals surface area contributed by atoms with Gasteiger partial charge in [0.25, 0.3) is 0 Å². The highest BCUT2D eigenvalue weighted by Crippen LogP contribution is 2.34. The first-order valence-corrected chi connectivity index (χ1v) is 12.1. The quantitative estimate of drug-likeness (QED) is 0.624. The molecule has 2 heterocycles. The second kappa shape index (κ2) is 10.8. The Morgan fingerprint density at radius 2 is 2.06 bits per heavy atom. The largest absolute Gasteiger partial charge is 0.486 e. The van der Waals surface area contributed by atoms with Crippen molar-refractivity contribution in [2.75, 3.05) is 26.8 Å². The number of nitrogens with one attached hydrogen (secondary N) is 1. The Balaban J connectivity index is 1.49. The van der Waals surface area contributed by atoms with Gasteiger partial charge in [-0.25, -0.2) is 4.99 Å². The van der Waals surface area contributed by atoms with E-state index in [4.69, 9.17) is 26.3 Å². The Morgan fingerprint density at radius 3 is 2.79 bits per heavy atom. The summed E-state index contributed by atoms with van der Waals surface area (Å²) in [7, 11) is 1.55. The van der Waals surface area contributed by atoms with E-state index in [9.17, 15) is 9.59 Å². The van der Waals surface area contributed by atoms with Gasteiger partial charge in [-0.1, -0.05) is 29.4 Å². The average molecular weight is 499 g/mol. The summed E-state index contributed by atoms with van der Waals surface area (Å²) >= 11 is 7.41. The van der Waals surface area contributed by atoms with Crippen molar-refractivity contribution in [2.24, 2.45) is 4.99 Å². The molecule has 2 amide bonds. The second-order valence-electron chi connectivity index (χ2n) is 7.73. The third-order valence-corrected chi connectivity index (χ3v) is 6.91. The number of halogens is 1. The molecule has 0 aliphatic carbocycles. The highest BCUT2D eigenvalue weighted by Gasteiger charge is 2.38. The molecular weight excluding hydrogens is 476 g/mol. The van der Waals surface area contributed by atoms with E-state index in [0.717, 1.165) is 23.5 Å². The van der Waals surface area contributed by atoms with Crippen LogP contribution in [0.1, 0.15) is 24.0 Å². The van der Waals surface area contributed by atoms with E-state index in [-0.39, 0.29) is 18.2 Å².